The Labute approximate surface area is 122 Å². The van der Waals surface area contributed by atoms with Crippen molar-refractivity contribution in [1.29, 1.82) is 0 Å². The summed E-state index contributed by atoms with van der Waals surface area (Å²) in [6, 6.07) is 5.15. The minimum absolute atomic E-state index is 0.110. The maximum Gasteiger partial charge on any atom is 0.202 e. The first-order chi connectivity index (χ1) is 9.63. The molecule has 0 spiro atoms. The van der Waals surface area contributed by atoms with E-state index >= 15 is 0 Å². The van der Waals surface area contributed by atoms with E-state index in [1.54, 1.807) is 25.3 Å². The Kier molecular flexibility index (Phi) is 3.26. The van der Waals surface area contributed by atoms with Gasteiger partial charge in [0.25, 0.3) is 0 Å². The first kappa shape index (κ1) is 13.2. The van der Waals surface area contributed by atoms with Crippen molar-refractivity contribution in [3.8, 4) is 23.2 Å². The Bertz CT molecular complexity index is 634. The molecular weight excluding hydrogens is 278 g/mol. The van der Waals surface area contributed by atoms with E-state index in [9.17, 15) is 10.2 Å². The van der Waals surface area contributed by atoms with Gasteiger partial charge in [-0.3, -0.25) is 4.57 Å². The smallest absolute Gasteiger partial charge is 0.202 e. The minimum Gasteiger partial charge on any atom is -0.495 e. The number of fused-ring (bicyclic) bond motifs is 1. The van der Waals surface area contributed by atoms with Crippen LogP contribution in [-0.4, -0.2) is 21.9 Å². The van der Waals surface area contributed by atoms with Crippen molar-refractivity contribution in [2.75, 3.05) is 7.11 Å². The molecule has 2 aromatic rings. The second kappa shape index (κ2) is 4.94. The van der Waals surface area contributed by atoms with E-state index in [-0.39, 0.29) is 11.8 Å². The second-order valence-corrected chi connectivity index (χ2v) is 5.37. The van der Waals surface area contributed by atoms with Crippen LogP contribution in [0.15, 0.2) is 18.2 Å². The molecule has 0 fully saturated rings. The molecule has 0 unspecified atom stereocenters. The number of hydrogen-bond acceptors (Lipinski definition) is 3. The van der Waals surface area contributed by atoms with Crippen molar-refractivity contribution in [2.45, 2.75) is 25.7 Å². The molecule has 0 amide bonds. The first-order valence-electron chi connectivity index (χ1n) is 6.61. The van der Waals surface area contributed by atoms with Crippen molar-refractivity contribution >= 4 is 11.6 Å². The standard InChI is InChI=1S/C15H16ClNO3/c1-20-13-7-6-9(8-12(13)16)17-14(18)10-4-2-3-5-11(10)15(17)19/h6-8,18-19H,2-5H2,1H3. The second-order valence-electron chi connectivity index (χ2n) is 4.97. The van der Waals surface area contributed by atoms with E-state index < -0.39 is 0 Å². The molecule has 20 heavy (non-hydrogen) atoms. The molecule has 0 saturated heterocycles. The van der Waals surface area contributed by atoms with E-state index in [4.69, 9.17) is 16.3 Å². The number of ether oxygens (including phenoxy) is 1. The van der Waals surface area contributed by atoms with Gasteiger partial charge in [-0.25, -0.2) is 0 Å². The van der Waals surface area contributed by atoms with Gasteiger partial charge in [-0.15, -0.1) is 0 Å². The number of nitrogens with zero attached hydrogens (tertiary/aromatic N) is 1. The summed E-state index contributed by atoms with van der Waals surface area (Å²) >= 11 is 6.11. The summed E-state index contributed by atoms with van der Waals surface area (Å²) in [5.74, 6) is 0.781. The van der Waals surface area contributed by atoms with Crippen LogP contribution in [0.1, 0.15) is 24.0 Å². The molecule has 2 N–H and O–H groups in total. The fourth-order valence-corrected chi connectivity index (χ4v) is 3.06. The fraction of sp³-hybridized carbons (Fsp3) is 0.333. The predicted octanol–water partition coefficient (Wildman–Crippen LogP) is 3.43. The predicted molar refractivity (Wildman–Crippen MR) is 77.3 cm³/mol. The summed E-state index contributed by atoms with van der Waals surface area (Å²) in [6.07, 6.45) is 3.66. The SMILES string of the molecule is COc1ccc(-n2c(O)c3c(c2O)CCCC3)cc1Cl. The zero-order chi connectivity index (χ0) is 14.3. The number of halogens is 1. The molecule has 0 bridgehead atoms. The lowest BCUT2D eigenvalue weighted by Crippen LogP contribution is -1.98. The Morgan fingerprint density at radius 3 is 2.20 bits per heavy atom. The maximum absolute atomic E-state index is 10.4. The number of aromatic hydroxyl groups is 2. The highest BCUT2D eigenvalue weighted by Crippen LogP contribution is 2.41. The number of rotatable bonds is 2. The quantitative estimate of drug-likeness (QED) is 0.892. The highest BCUT2D eigenvalue weighted by molar-refractivity contribution is 6.32. The largest absolute Gasteiger partial charge is 0.495 e. The lowest BCUT2D eigenvalue weighted by Gasteiger charge is -2.09. The molecule has 0 atom stereocenters. The zero-order valence-corrected chi connectivity index (χ0v) is 11.9. The van der Waals surface area contributed by atoms with Crippen LogP contribution >= 0.6 is 11.6 Å². The van der Waals surface area contributed by atoms with Gasteiger partial charge in [-0.05, 0) is 43.9 Å². The van der Waals surface area contributed by atoms with Gasteiger partial charge in [0.05, 0.1) is 17.8 Å². The van der Waals surface area contributed by atoms with E-state index in [1.807, 2.05) is 0 Å². The average molecular weight is 294 g/mol. The van der Waals surface area contributed by atoms with Crippen molar-refractivity contribution in [3.63, 3.8) is 0 Å². The van der Waals surface area contributed by atoms with Gasteiger partial charge in [0.15, 0.2) is 0 Å². The van der Waals surface area contributed by atoms with Gasteiger partial charge in [0.1, 0.15) is 5.75 Å². The van der Waals surface area contributed by atoms with Crippen LogP contribution in [-0.2, 0) is 12.8 Å². The Balaban J connectivity index is 2.15. The number of hydrogen-bond donors (Lipinski definition) is 2. The zero-order valence-electron chi connectivity index (χ0n) is 11.2. The monoisotopic (exact) mass is 293 g/mol. The van der Waals surface area contributed by atoms with Crippen LogP contribution in [0.3, 0.4) is 0 Å². The molecule has 1 aromatic carbocycles. The number of aromatic nitrogens is 1. The first-order valence-corrected chi connectivity index (χ1v) is 6.99. The van der Waals surface area contributed by atoms with Crippen LogP contribution < -0.4 is 4.74 Å². The molecule has 0 saturated carbocycles. The van der Waals surface area contributed by atoms with Gasteiger partial charge in [0.2, 0.25) is 11.8 Å². The molecule has 0 radical (unpaired) electrons. The average Bonchev–Trinajstić information content (AvgIpc) is 2.71. The summed E-state index contributed by atoms with van der Waals surface area (Å²) in [5, 5.41) is 21.2. The third-order valence-corrected chi connectivity index (χ3v) is 4.12. The van der Waals surface area contributed by atoms with Crippen molar-refractivity contribution in [1.82, 2.24) is 4.57 Å². The van der Waals surface area contributed by atoms with Crippen LogP contribution in [0.4, 0.5) is 0 Å². The molecule has 0 aliphatic heterocycles. The summed E-state index contributed by atoms with van der Waals surface area (Å²) in [6.45, 7) is 0. The van der Waals surface area contributed by atoms with Crippen LogP contribution in [0.25, 0.3) is 5.69 Å². The van der Waals surface area contributed by atoms with E-state index in [0.717, 1.165) is 36.8 Å². The number of methoxy groups -OCH3 is 1. The van der Waals surface area contributed by atoms with Gasteiger partial charge in [-0.2, -0.15) is 0 Å². The topological polar surface area (TPSA) is 54.6 Å². The number of benzene rings is 1. The minimum atomic E-state index is 0.110. The fourth-order valence-electron chi connectivity index (χ4n) is 2.81. The Hall–Kier alpha value is -1.81. The van der Waals surface area contributed by atoms with E-state index in [2.05, 4.69) is 0 Å². The highest BCUT2D eigenvalue weighted by Gasteiger charge is 2.25. The van der Waals surface area contributed by atoms with Crippen molar-refractivity contribution < 1.29 is 14.9 Å². The Morgan fingerprint density at radius 1 is 1.10 bits per heavy atom. The van der Waals surface area contributed by atoms with Crippen LogP contribution in [0.2, 0.25) is 5.02 Å². The van der Waals surface area contributed by atoms with E-state index in [1.165, 1.54) is 4.57 Å². The molecule has 1 heterocycles. The highest BCUT2D eigenvalue weighted by atomic mass is 35.5. The van der Waals surface area contributed by atoms with Crippen LogP contribution in [0.5, 0.6) is 17.5 Å². The van der Waals surface area contributed by atoms with Gasteiger partial charge < -0.3 is 14.9 Å². The normalized spacial score (nSPS) is 14.1. The summed E-state index contributed by atoms with van der Waals surface area (Å²) in [4.78, 5) is 0. The molecule has 1 aliphatic rings. The van der Waals surface area contributed by atoms with Gasteiger partial charge in [0, 0.05) is 11.1 Å². The Morgan fingerprint density at radius 2 is 1.70 bits per heavy atom. The third kappa shape index (κ3) is 1.91. The summed E-state index contributed by atoms with van der Waals surface area (Å²) < 4.78 is 6.56. The molecule has 1 aromatic heterocycles. The van der Waals surface area contributed by atoms with Crippen molar-refractivity contribution in [3.05, 3.63) is 34.3 Å². The maximum atomic E-state index is 10.4. The lowest BCUT2D eigenvalue weighted by atomic mass is 9.95. The van der Waals surface area contributed by atoms with Crippen LogP contribution in [0, 0.1) is 0 Å². The molecule has 4 nitrogen and oxygen atoms in total. The van der Waals surface area contributed by atoms with Gasteiger partial charge >= 0.3 is 0 Å². The molecule has 1 aliphatic carbocycles. The summed E-state index contributed by atoms with van der Waals surface area (Å²) in [7, 11) is 1.55. The summed E-state index contributed by atoms with van der Waals surface area (Å²) in [5.41, 5.74) is 2.32. The molecule has 5 heteroatoms. The van der Waals surface area contributed by atoms with Crippen molar-refractivity contribution in [2.24, 2.45) is 0 Å². The molecule has 106 valence electrons. The lowest BCUT2D eigenvalue weighted by molar-refractivity contribution is 0.398. The van der Waals surface area contributed by atoms with Gasteiger partial charge in [-0.1, -0.05) is 11.6 Å². The molecule has 3 rings (SSSR count). The van der Waals surface area contributed by atoms with E-state index in [0.29, 0.717) is 16.5 Å². The third-order valence-electron chi connectivity index (χ3n) is 3.82. The molecular formula is C15H16ClNO3.